The quantitative estimate of drug-likeness (QED) is 0.0982. The van der Waals surface area contributed by atoms with E-state index in [9.17, 15) is 35.9 Å². The molecule has 8 aromatic rings. The van der Waals surface area contributed by atoms with E-state index in [0.29, 0.717) is 70.7 Å². The van der Waals surface area contributed by atoms with Crippen LogP contribution in [0.5, 0.6) is 23.0 Å². The Balaban J connectivity index is 0.000000174. The summed E-state index contributed by atoms with van der Waals surface area (Å²) < 4.78 is 99.5. The van der Waals surface area contributed by atoms with Crippen LogP contribution in [0.2, 0.25) is 0 Å². The first-order valence-corrected chi connectivity index (χ1v) is 22.2. The number of hydrogen-bond acceptors (Lipinski definition) is 8. The smallest absolute Gasteiger partial charge is 0.245 e. The van der Waals surface area contributed by atoms with E-state index in [4.69, 9.17) is 19.7 Å². The fourth-order valence-corrected chi connectivity index (χ4v) is 8.83. The van der Waals surface area contributed by atoms with E-state index in [1.165, 1.54) is 36.7 Å². The zero-order chi connectivity index (χ0) is 49.1. The topological polar surface area (TPSA) is 120 Å². The van der Waals surface area contributed by atoms with E-state index >= 15 is 0 Å². The van der Waals surface area contributed by atoms with Crippen LogP contribution in [0.15, 0.2) is 135 Å². The molecule has 4 aromatic heterocycles. The van der Waals surface area contributed by atoms with Gasteiger partial charge < -0.3 is 19.3 Å². The molecule has 2 fully saturated rings. The molecule has 0 aliphatic carbocycles. The van der Waals surface area contributed by atoms with Crippen LogP contribution < -0.4 is 9.47 Å². The largest absolute Gasteiger partial charge is 0.451 e. The van der Waals surface area contributed by atoms with Crippen LogP contribution in [0, 0.1) is 34.9 Å². The lowest BCUT2D eigenvalue weighted by atomic mass is 9.93. The number of rotatable bonds is 10. The molecule has 6 heterocycles. The van der Waals surface area contributed by atoms with Gasteiger partial charge in [-0.3, -0.25) is 19.6 Å². The van der Waals surface area contributed by atoms with Crippen LogP contribution in [-0.2, 0) is 9.59 Å². The van der Waals surface area contributed by atoms with E-state index in [2.05, 4.69) is 23.1 Å². The van der Waals surface area contributed by atoms with E-state index in [1.54, 1.807) is 67.7 Å². The van der Waals surface area contributed by atoms with Crippen molar-refractivity contribution in [3.63, 3.8) is 0 Å². The van der Waals surface area contributed by atoms with Gasteiger partial charge in [0, 0.05) is 38.0 Å². The lowest BCUT2D eigenvalue weighted by Crippen LogP contribution is -2.38. The van der Waals surface area contributed by atoms with E-state index in [1.807, 2.05) is 0 Å². The molecule has 18 heteroatoms. The molecule has 356 valence electrons. The van der Waals surface area contributed by atoms with Crippen LogP contribution in [0.4, 0.5) is 26.3 Å². The Morgan fingerprint density at radius 1 is 0.529 bits per heavy atom. The molecule has 4 aromatic carbocycles. The maximum absolute atomic E-state index is 14.9. The fourth-order valence-electron chi connectivity index (χ4n) is 8.83. The van der Waals surface area contributed by atoms with Crippen LogP contribution in [0.3, 0.4) is 0 Å². The highest BCUT2D eigenvalue weighted by molar-refractivity contribution is 5.88. The average Bonchev–Trinajstić information content (AvgIpc) is 3.98. The Hall–Kier alpha value is -8.28. The third-order valence-electron chi connectivity index (χ3n) is 12.2. The number of ether oxygens (including phenoxy) is 2. The Labute approximate surface area is 396 Å². The number of aromatic nitrogens is 6. The predicted molar refractivity (Wildman–Crippen MR) is 248 cm³/mol. The molecule has 0 N–H and O–H groups in total. The average molecular weight is 957 g/mol. The van der Waals surface area contributed by atoms with Gasteiger partial charge in [-0.2, -0.15) is 10.2 Å². The number of carbonyl (C=O) groups excluding carboxylic acids is 2. The number of nitrogens with zero attached hydrogens (tertiary/aromatic N) is 8. The Bertz CT molecular complexity index is 3010. The Kier molecular flexibility index (Phi) is 13.5. The summed E-state index contributed by atoms with van der Waals surface area (Å²) in [4.78, 5) is 35.6. The van der Waals surface area contributed by atoms with Crippen molar-refractivity contribution >= 4 is 33.6 Å². The number of halogens is 6. The van der Waals surface area contributed by atoms with Crippen LogP contribution >= 0.6 is 0 Å². The van der Waals surface area contributed by atoms with E-state index < -0.39 is 46.4 Å². The molecule has 0 saturated carbocycles. The summed E-state index contributed by atoms with van der Waals surface area (Å²) in [6.45, 7) is 9.18. The molecule has 10 rings (SSSR count). The number of carbonyl (C=O) groups is 2. The van der Waals surface area contributed by atoms with E-state index in [0.717, 1.165) is 62.3 Å². The van der Waals surface area contributed by atoms with Crippen molar-refractivity contribution in [2.24, 2.45) is 0 Å². The number of para-hydroxylation sites is 2. The van der Waals surface area contributed by atoms with Crippen LogP contribution in [-0.4, -0.2) is 77.3 Å². The maximum atomic E-state index is 14.9. The van der Waals surface area contributed by atoms with Gasteiger partial charge in [-0.05, 0) is 111 Å². The van der Waals surface area contributed by atoms with Crippen molar-refractivity contribution in [2.45, 2.75) is 37.5 Å². The standard InChI is InChI=1S/2C26H21F3N4O2/c2*1-2-23(34)32-12-4-5-16(15-32)25-24-21(29)13-30-14-22(24)33(31-25)17-8-10-18(11-9-17)35-26-19(27)6-3-7-20(26)28/h2*2-3,6-11,13-14,16H,1,4-5,12,15H2/t2*16-/m10/s1. The first-order chi connectivity index (χ1) is 33.9. The van der Waals surface area contributed by atoms with Crippen molar-refractivity contribution in [2.75, 3.05) is 26.2 Å². The van der Waals surface area contributed by atoms with Crippen LogP contribution in [0.25, 0.3) is 33.2 Å². The van der Waals surface area contributed by atoms with Crippen molar-refractivity contribution in [3.05, 3.63) is 181 Å². The predicted octanol–water partition coefficient (Wildman–Crippen LogP) is 11.0. The molecular weight excluding hydrogens is 915 g/mol. The summed E-state index contributed by atoms with van der Waals surface area (Å²) >= 11 is 0. The van der Waals surface area contributed by atoms with Crippen molar-refractivity contribution in [3.8, 4) is 34.4 Å². The summed E-state index contributed by atoms with van der Waals surface area (Å²) in [6, 6.07) is 19.8. The maximum Gasteiger partial charge on any atom is 0.245 e. The lowest BCUT2D eigenvalue weighted by molar-refractivity contribution is -0.127. The zero-order valence-electron chi connectivity index (χ0n) is 37.3. The van der Waals surface area contributed by atoms with Crippen LogP contribution in [0.1, 0.15) is 48.9 Å². The van der Waals surface area contributed by atoms with Gasteiger partial charge in [-0.25, -0.2) is 35.7 Å². The molecule has 0 bridgehead atoms. The van der Waals surface area contributed by atoms with Crippen molar-refractivity contribution in [1.82, 2.24) is 39.3 Å². The first kappa shape index (κ1) is 46.8. The van der Waals surface area contributed by atoms with Gasteiger partial charge in [0.2, 0.25) is 11.8 Å². The number of piperidine rings is 2. The molecule has 2 aliphatic heterocycles. The summed E-state index contributed by atoms with van der Waals surface area (Å²) in [6.07, 6.45) is 11.0. The molecule has 0 spiro atoms. The van der Waals surface area contributed by atoms with E-state index in [-0.39, 0.29) is 35.1 Å². The number of amides is 2. The second kappa shape index (κ2) is 20.1. The molecule has 0 unspecified atom stereocenters. The second-order valence-corrected chi connectivity index (χ2v) is 16.6. The molecular formula is C52H42F6N8O4. The number of pyridine rings is 2. The van der Waals surface area contributed by atoms with Gasteiger partial charge in [0.05, 0.1) is 69.4 Å². The zero-order valence-corrected chi connectivity index (χ0v) is 37.3. The molecule has 2 saturated heterocycles. The highest BCUT2D eigenvalue weighted by atomic mass is 19.2. The highest BCUT2D eigenvalue weighted by Gasteiger charge is 2.31. The van der Waals surface area contributed by atoms with Crippen molar-refractivity contribution < 1.29 is 45.4 Å². The summed E-state index contributed by atoms with van der Waals surface area (Å²) in [5.74, 6) is -5.39. The lowest BCUT2D eigenvalue weighted by Gasteiger charge is -2.31. The molecule has 2 aliphatic rings. The molecule has 2 atom stereocenters. The molecule has 12 nitrogen and oxygen atoms in total. The summed E-state index contributed by atoms with van der Waals surface area (Å²) in [5, 5.41) is 10.1. The van der Waals surface area contributed by atoms with Crippen molar-refractivity contribution in [1.29, 1.82) is 0 Å². The number of benzene rings is 4. The minimum absolute atomic E-state index is 0.153. The third kappa shape index (κ3) is 9.44. The van der Waals surface area contributed by atoms with Gasteiger partial charge in [0.15, 0.2) is 46.4 Å². The van der Waals surface area contributed by atoms with Gasteiger partial charge in [-0.15, -0.1) is 0 Å². The molecule has 0 radical (unpaired) electrons. The van der Waals surface area contributed by atoms with Gasteiger partial charge >= 0.3 is 0 Å². The normalized spacial score (nSPS) is 15.9. The SMILES string of the molecule is C=CC(=O)N1CCC[C@@H](c2nn(-c3ccc(Oc4c(F)cccc4F)cc3)c3cncc(F)c23)C1.C=CC(=O)N1CCC[C@H](c2nn(-c3ccc(Oc4c(F)cccc4F)cc3)c3cncc(F)c23)C1. The molecule has 70 heavy (non-hydrogen) atoms. The number of fused-ring (bicyclic) bond motifs is 2. The van der Waals surface area contributed by atoms with Gasteiger partial charge in [0.1, 0.15) is 11.5 Å². The highest BCUT2D eigenvalue weighted by Crippen LogP contribution is 2.37. The second-order valence-electron chi connectivity index (χ2n) is 16.6. The number of likely N-dealkylation sites (tertiary alicyclic amines) is 2. The third-order valence-corrected chi connectivity index (χ3v) is 12.2. The van der Waals surface area contributed by atoms with Gasteiger partial charge in [-0.1, -0.05) is 25.3 Å². The first-order valence-electron chi connectivity index (χ1n) is 22.2. The summed E-state index contributed by atoms with van der Waals surface area (Å²) in [5.41, 5.74) is 3.22. The fraction of sp³-hybridized carbons (Fsp3) is 0.192. The summed E-state index contributed by atoms with van der Waals surface area (Å²) in [7, 11) is 0. The number of hydrogen-bond donors (Lipinski definition) is 0. The minimum atomic E-state index is -0.810. The van der Waals surface area contributed by atoms with Gasteiger partial charge in [0.25, 0.3) is 0 Å². The Morgan fingerprint density at radius 2 is 0.900 bits per heavy atom. The Morgan fingerprint density at radius 3 is 1.26 bits per heavy atom. The minimum Gasteiger partial charge on any atom is -0.451 e. The molecule has 2 amide bonds. The monoisotopic (exact) mass is 956 g/mol.